The van der Waals surface area contributed by atoms with E-state index in [-0.39, 0.29) is 31.2 Å². The molecule has 8 rings (SSSR count). The van der Waals surface area contributed by atoms with Gasteiger partial charge < -0.3 is 0 Å². The average molecular weight is 754 g/mol. The van der Waals surface area contributed by atoms with Gasteiger partial charge in [-0.25, -0.2) is 0 Å². The maximum atomic E-state index is 6.83. The van der Waals surface area contributed by atoms with Crippen molar-refractivity contribution in [3.8, 4) is 11.3 Å². The monoisotopic (exact) mass is 754 g/mol. The molecule has 0 fully saturated rings. The van der Waals surface area contributed by atoms with E-state index >= 15 is 0 Å². The molecule has 0 aliphatic rings. The van der Waals surface area contributed by atoms with Crippen LogP contribution in [0.1, 0.15) is 84.6 Å². The van der Waals surface area contributed by atoms with Crippen molar-refractivity contribution < 1.29 is 4.42 Å². The van der Waals surface area contributed by atoms with Crippen LogP contribution in [0, 0.1) is 12.3 Å². The molecule has 0 amide bonds. The first kappa shape index (κ1) is 34.1. The number of fused-ring (bicyclic) bond motifs is 4. The van der Waals surface area contributed by atoms with Crippen LogP contribution in [0.15, 0.2) is 89.3 Å². The molecule has 0 bridgehead atoms. The van der Waals surface area contributed by atoms with Gasteiger partial charge in [0.25, 0.3) is 0 Å². The summed E-state index contributed by atoms with van der Waals surface area (Å²) in [5.74, 6) is 0. The Morgan fingerprint density at radius 1 is 0.686 bits per heavy atom. The van der Waals surface area contributed by atoms with Crippen LogP contribution in [0.5, 0.6) is 0 Å². The predicted molar refractivity (Wildman–Crippen MR) is 222 cm³/mol. The zero-order chi connectivity index (χ0) is 36.0. The van der Waals surface area contributed by atoms with Crippen LogP contribution < -0.4 is 9.18 Å². The Hall–Kier alpha value is -4.02. The molecule has 0 spiro atoms. The molecule has 0 saturated heterocycles. The SMILES string of the molecule is Cc1cc([Se]c2cc(C(C)(C)C)cc(-c3cccc(C(C)(C)C)c3)n2)nc2c1sc1cc(CC(C)(C)C)cc3oc4c5ccccc5cc2c4c31. The molecule has 0 aliphatic heterocycles. The number of furan rings is 1. The van der Waals surface area contributed by atoms with Gasteiger partial charge in [-0.05, 0) is 0 Å². The van der Waals surface area contributed by atoms with Crippen molar-refractivity contribution in [2.75, 3.05) is 0 Å². The van der Waals surface area contributed by atoms with E-state index in [0.29, 0.717) is 0 Å². The Labute approximate surface area is 311 Å². The first-order valence-corrected chi connectivity index (χ1v) is 20.5. The van der Waals surface area contributed by atoms with Crippen LogP contribution in [0.2, 0.25) is 0 Å². The first-order chi connectivity index (χ1) is 24.0. The molecule has 0 aliphatic carbocycles. The summed E-state index contributed by atoms with van der Waals surface area (Å²) in [6.07, 6.45) is 0.982. The van der Waals surface area contributed by atoms with Crippen molar-refractivity contribution in [2.24, 2.45) is 5.41 Å². The number of pyridine rings is 2. The fraction of sp³-hybridized carbons (Fsp3) is 0.304. The summed E-state index contributed by atoms with van der Waals surface area (Å²) in [5.41, 5.74) is 10.6. The molecule has 258 valence electrons. The summed E-state index contributed by atoms with van der Waals surface area (Å²) < 4.78 is 11.5. The van der Waals surface area contributed by atoms with E-state index < -0.39 is 0 Å². The Morgan fingerprint density at radius 3 is 2.18 bits per heavy atom. The van der Waals surface area contributed by atoms with Crippen molar-refractivity contribution in [3.63, 3.8) is 0 Å². The summed E-state index contributed by atoms with van der Waals surface area (Å²) in [4.78, 5) is 10.9. The number of hydrogen-bond donors (Lipinski definition) is 0. The van der Waals surface area contributed by atoms with Crippen LogP contribution >= 0.6 is 11.3 Å². The number of hydrogen-bond acceptors (Lipinski definition) is 4. The Morgan fingerprint density at radius 2 is 1.43 bits per heavy atom. The summed E-state index contributed by atoms with van der Waals surface area (Å²) in [6, 6.07) is 31.4. The fourth-order valence-electron chi connectivity index (χ4n) is 7.23. The van der Waals surface area contributed by atoms with Crippen molar-refractivity contribution >= 4 is 88.5 Å². The van der Waals surface area contributed by atoms with E-state index in [4.69, 9.17) is 14.4 Å². The molecule has 0 radical (unpaired) electrons. The second-order valence-corrected chi connectivity index (χ2v) is 20.7. The minimum atomic E-state index is -0.108. The summed E-state index contributed by atoms with van der Waals surface area (Å²) >= 11 is 1.74. The van der Waals surface area contributed by atoms with Gasteiger partial charge in [0.05, 0.1) is 0 Å². The average Bonchev–Trinajstić information content (AvgIpc) is 3.37. The number of nitrogens with zero attached hydrogens (tertiary/aromatic N) is 2. The van der Waals surface area contributed by atoms with Crippen molar-refractivity contribution in [1.82, 2.24) is 9.97 Å². The Balaban J connectivity index is 1.36. The first-order valence-electron chi connectivity index (χ1n) is 17.9. The van der Waals surface area contributed by atoms with E-state index in [1.165, 1.54) is 53.4 Å². The van der Waals surface area contributed by atoms with Crippen LogP contribution in [0.4, 0.5) is 0 Å². The molecule has 4 heterocycles. The van der Waals surface area contributed by atoms with Gasteiger partial charge in [-0.3, -0.25) is 0 Å². The quantitative estimate of drug-likeness (QED) is 0.168. The molecule has 0 saturated carbocycles. The molecule has 8 aromatic rings. The molecule has 5 heteroatoms. The third kappa shape index (κ3) is 6.39. The van der Waals surface area contributed by atoms with Gasteiger partial charge >= 0.3 is 313 Å². The minimum absolute atomic E-state index is 0.0150. The third-order valence-electron chi connectivity index (χ3n) is 9.83. The Bertz CT molecular complexity index is 2660. The van der Waals surface area contributed by atoms with Gasteiger partial charge in [0, 0.05) is 0 Å². The third-order valence-corrected chi connectivity index (χ3v) is 12.8. The number of benzene rings is 4. The van der Waals surface area contributed by atoms with Gasteiger partial charge in [0.1, 0.15) is 0 Å². The van der Waals surface area contributed by atoms with Gasteiger partial charge in [-0.15, -0.1) is 0 Å². The molecule has 0 atom stereocenters. The predicted octanol–water partition coefficient (Wildman–Crippen LogP) is 11.7. The molecule has 0 unspecified atom stereocenters. The normalized spacial score (nSPS) is 13.1. The second-order valence-electron chi connectivity index (χ2n) is 17.5. The summed E-state index contributed by atoms with van der Waals surface area (Å²) in [6.45, 7) is 22.8. The number of aromatic nitrogens is 2. The number of aryl methyl sites for hydroxylation is 1. The van der Waals surface area contributed by atoms with E-state index in [0.717, 1.165) is 48.8 Å². The fourth-order valence-corrected chi connectivity index (χ4v) is 10.4. The molecule has 4 aromatic heterocycles. The Kier molecular flexibility index (Phi) is 8.03. The molecule has 51 heavy (non-hydrogen) atoms. The van der Waals surface area contributed by atoms with Crippen LogP contribution in [-0.2, 0) is 17.3 Å². The topological polar surface area (TPSA) is 38.9 Å². The second kappa shape index (κ2) is 12.0. The van der Waals surface area contributed by atoms with Gasteiger partial charge in [-0.1, -0.05) is 0 Å². The molecular formula is C46H46N2OSSe. The van der Waals surface area contributed by atoms with Gasteiger partial charge in [0.2, 0.25) is 0 Å². The summed E-state index contributed by atoms with van der Waals surface area (Å²) in [5, 5.41) is 5.86. The van der Waals surface area contributed by atoms with Crippen molar-refractivity contribution in [2.45, 2.75) is 86.5 Å². The number of rotatable bonds is 4. The zero-order valence-electron chi connectivity index (χ0n) is 31.4. The van der Waals surface area contributed by atoms with E-state index in [2.05, 4.69) is 154 Å². The standard InChI is InChI=1S/C46H46N2OSSe/c1-26-18-37(51-38-24-31(46(8,9)10)23-34(47-38)29-15-13-16-30(21-29)45(5,6)7)48-41-33-22-28-14-11-12-17-32(28)42-39(33)40-35(49-42)19-27(25-44(2,3)4)20-36(40)50-43(26)41/h11-24H,25H2,1-10H3. The maximum absolute atomic E-state index is 6.83. The van der Waals surface area contributed by atoms with Gasteiger partial charge in [0.15, 0.2) is 0 Å². The van der Waals surface area contributed by atoms with Crippen LogP contribution in [0.3, 0.4) is 0 Å². The van der Waals surface area contributed by atoms with Crippen LogP contribution in [0.25, 0.3) is 64.3 Å². The van der Waals surface area contributed by atoms with E-state index in [1.807, 2.05) is 11.3 Å². The molecule has 0 N–H and O–H groups in total. The van der Waals surface area contributed by atoms with Crippen molar-refractivity contribution in [1.29, 1.82) is 0 Å². The van der Waals surface area contributed by atoms with Gasteiger partial charge in [-0.2, -0.15) is 0 Å². The zero-order valence-corrected chi connectivity index (χ0v) is 33.9. The molecular weight excluding hydrogens is 708 g/mol. The van der Waals surface area contributed by atoms with E-state index in [1.54, 1.807) is 0 Å². The van der Waals surface area contributed by atoms with Crippen molar-refractivity contribution in [3.05, 3.63) is 107 Å². The van der Waals surface area contributed by atoms with E-state index in [9.17, 15) is 0 Å². The molecule has 4 aromatic carbocycles. The summed E-state index contributed by atoms with van der Waals surface area (Å²) in [7, 11) is 0. The molecule has 3 nitrogen and oxygen atoms in total. The van der Waals surface area contributed by atoms with Crippen LogP contribution in [-0.4, -0.2) is 24.9 Å².